The molecule has 0 bridgehead atoms. The number of benzene rings is 1. The maximum absolute atomic E-state index is 14.6. The Morgan fingerprint density at radius 2 is 1.72 bits per heavy atom. The minimum atomic E-state index is -1.07. The summed E-state index contributed by atoms with van der Waals surface area (Å²) >= 11 is 6.47. The van der Waals surface area contributed by atoms with Gasteiger partial charge in [0.2, 0.25) is 17.6 Å². The van der Waals surface area contributed by atoms with Crippen LogP contribution in [0, 0.1) is 23.2 Å². The van der Waals surface area contributed by atoms with Gasteiger partial charge in [0.25, 0.3) is 5.91 Å². The third-order valence-corrected chi connectivity index (χ3v) is 11.0. The molecule has 13 heteroatoms. The van der Waals surface area contributed by atoms with Crippen molar-refractivity contribution in [2.24, 2.45) is 34.1 Å². The molecule has 1 spiro atoms. The molecule has 2 aliphatic heterocycles. The third kappa shape index (κ3) is 8.61. The molecule has 3 fully saturated rings. The van der Waals surface area contributed by atoms with E-state index in [-0.39, 0.29) is 49.3 Å². The summed E-state index contributed by atoms with van der Waals surface area (Å²) in [7, 11) is 3.02. The molecular weight excluding hydrogens is 664 g/mol. The molecule has 3 N–H and O–H groups in total. The molecule has 1 aromatic rings. The van der Waals surface area contributed by atoms with Gasteiger partial charge in [0, 0.05) is 43.2 Å². The smallest absolute Gasteiger partial charge is 0.285 e. The molecular formula is C37H51ClN4O8. The Morgan fingerprint density at radius 1 is 1.04 bits per heavy atom. The Kier molecular flexibility index (Phi) is 11.5. The van der Waals surface area contributed by atoms with Gasteiger partial charge in [0.15, 0.2) is 11.4 Å². The lowest BCUT2D eigenvalue weighted by molar-refractivity contribution is -0.145. The van der Waals surface area contributed by atoms with Crippen molar-refractivity contribution in [2.45, 2.75) is 116 Å². The number of methoxy groups -OCH3 is 2. The SMILES string of the molecule is COc1cc(OC)c(C2=NO[C@]3(C2)C[C@@H](C(=O)C[C@@H](CC2CC2)C(=O)C(N)=O)N(C(=O)[C@@H](NC(=O)CC2CCCCC2)C(C)(C)C)C3)cc1Cl. The second kappa shape index (κ2) is 15.3. The fraction of sp³-hybridized carbons (Fsp3) is 0.676. The highest BCUT2D eigenvalue weighted by molar-refractivity contribution is 6.36. The normalized spacial score (nSPS) is 23.5. The fourth-order valence-corrected chi connectivity index (χ4v) is 7.96. The largest absolute Gasteiger partial charge is 0.496 e. The van der Waals surface area contributed by atoms with Crippen molar-refractivity contribution in [3.05, 3.63) is 22.7 Å². The zero-order valence-electron chi connectivity index (χ0n) is 29.8. The quantitative estimate of drug-likeness (QED) is 0.261. The van der Waals surface area contributed by atoms with Crippen molar-refractivity contribution < 1.29 is 38.3 Å². The number of amides is 3. The first-order valence-electron chi connectivity index (χ1n) is 17.8. The van der Waals surface area contributed by atoms with Crippen molar-refractivity contribution in [3.63, 3.8) is 0 Å². The summed E-state index contributed by atoms with van der Waals surface area (Å²) < 4.78 is 10.9. The van der Waals surface area contributed by atoms with Crippen LogP contribution in [0.1, 0.15) is 103 Å². The predicted molar refractivity (Wildman–Crippen MR) is 187 cm³/mol. The summed E-state index contributed by atoms with van der Waals surface area (Å²) in [6.45, 7) is 5.65. The van der Waals surface area contributed by atoms with Gasteiger partial charge in [0.05, 0.1) is 37.5 Å². The average molecular weight is 715 g/mol. The Balaban J connectivity index is 1.42. The van der Waals surface area contributed by atoms with E-state index in [1.165, 1.54) is 25.5 Å². The number of nitrogens with two attached hydrogens (primary N) is 1. The summed E-state index contributed by atoms with van der Waals surface area (Å²) in [4.78, 5) is 74.6. The summed E-state index contributed by atoms with van der Waals surface area (Å²) in [6.07, 6.45) is 8.03. The molecule has 2 aliphatic carbocycles. The van der Waals surface area contributed by atoms with E-state index >= 15 is 0 Å². The zero-order valence-corrected chi connectivity index (χ0v) is 30.6. The van der Waals surface area contributed by atoms with E-state index in [0.717, 1.165) is 38.5 Å². The van der Waals surface area contributed by atoms with Gasteiger partial charge in [-0.2, -0.15) is 0 Å². The van der Waals surface area contributed by atoms with E-state index in [0.29, 0.717) is 40.6 Å². The van der Waals surface area contributed by atoms with Crippen LogP contribution in [0.3, 0.4) is 0 Å². The van der Waals surface area contributed by atoms with Crippen LogP contribution in [0.5, 0.6) is 11.5 Å². The average Bonchev–Trinajstić information content (AvgIpc) is 3.68. The zero-order chi connectivity index (χ0) is 36.4. The summed E-state index contributed by atoms with van der Waals surface area (Å²) in [5.74, 6) is -2.25. The Hall–Kier alpha value is -3.67. The first-order valence-corrected chi connectivity index (χ1v) is 18.2. The van der Waals surface area contributed by atoms with E-state index in [9.17, 15) is 24.0 Å². The number of primary amides is 1. The maximum atomic E-state index is 14.6. The van der Waals surface area contributed by atoms with Crippen LogP contribution >= 0.6 is 11.6 Å². The molecule has 12 nitrogen and oxygen atoms in total. The molecule has 0 aromatic heterocycles. The number of likely N-dealkylation sites (tertiary alicyclic amines) is 1. The van der Waals surface area contributed by atoms with Gasteiger partial charge >= 0.3 is 0 Å². The molecule has 0 unspecified atom stereocenters. The van der Waals surface area contributed by atoms with Gasteiger partial charge in [-0.15, -0.1) is 0 Å². The summed E-state index contributed by atoms with van der Waals surface area (Å²) in [6, 6.07) is 1.42. The van der Waals surface area contributed by atoms with Gasteiger partial charge in [-0.25, -0.2) is 0 Å². The van der Waals surface area contributed by atoms with Crippen LogP contribution in [0.2, 0.25) is 5.02 Å². The van der Waals surface area contributed by atoms with Gasteiger partial charge in [0.1, 0.15) is 17.5 Å². The molecule has 4 atom stereocenters. The number of oxime groups is 1. The Labute approximate surface area is 299 Å². The van der Waals surface area contributed by atoms with E-state index < -0.39 is 46.6 Å². The number of hydrogen-bond acceptors (Lipinski definition) is 9. The van der Waals surface area contributed by atoms with E-state index in [2.05, 4.69) is 10.5 Å². The van der Waals surface area contributed by atoms with E-state index in [1.807, 2.05) is 20.8 Å². The number of carbonyl (C=O) groups is 5. The minimum absolute atomic E-state index is 0.0174. The second-order valence-corrected chi connectivity index (χ2v) is 16.1. The first-order chi connectivity index (χ1) is 23.6. The van der Waals surface area contributed by atoms with Crippen LogP contribution in [0.25, 0.3) is 0 Å². The first kappa shape index (κ1) is 37.6. The van der Waals surface area contributed by atoms with Crippen LogP contribution in [-0.2, 0) is 28.8 Å². The number of rotatable bonds is 14. The van der Waals surface area contributed by atoms with Crippen LogP contribution < -0.4 is 20.5 Å². The lowest BCUT2D eigenvalue weighted by Crippen LogP contribution is -2.57. The number of ether oxygens (including phenoxy) is 2. The van der Waals surface area contributed by atoms with E-state index in [4.69, 9.17) is 31.6 Å². The Bertz CT molecular complexity index is 1530. The van der Waals surface area contributed by atoms with Gasteiger partial charge in [-0.05, 0) is 42.6 Å². The molecule has 0 radical (unpaired) electrons. The summed E-state index contributed by atoms with van der Waals surface area (Å²) in [5, 5.41) is 7.78. The molecule has 274 valence electrons. The monoisotopic (exact) mass is 714 g/mol. The third-order valence-electron chi connectivity index (χ3n) is 10.7. The number of nitrogens with one attached hydrogen (secondary N) is 1. The molecule has 3 amide bonds. The van der Waals surface area contributed by atoms with Crippen LogP contribution in [-0.4, -0.2) is 78.3 Å². The summed E-state index contributed by atoms with van der Waals surface area (Å²) in [5.41, 5.74) is 4.74. The number of ketones is 2. The highest BCUT2D eigenvalue weighted by atomic mass is 35.5. The van der Waals surface area contributed by atoms with Gasteiger partial charge < -0.3 is 30.3 Å². The van der Waals surface area contributed by atoms with Crippen molar-refractivity contribution in [3.8, 4) is 11.5 Å². The minimum Gasteiger partial charge on any atom is -0.496 e. The number of hydrogen-bond donors (Lipinski definition) is 2. The second-order valence-electron chi connectivity index (χ2n) is 15.7. The van der Waals surface area contributed by atoms with Crippen LogP contribution in [0.15, 0.2) is 17.3 Å². The molecule has 2 heterocycles. The van der Waals surface area contributed by atoms with Crippen LogP contribution in [0.4, 0.5) is 0 Å². The van der Waals surface area contributed by atoms with E-state index in [1.54, 1.807) is 12.1 Å². The molecule has 2 saturated carbocycles. The predicted octanol–water partition coefficient (Wildman–Crippen LogP) is 4.75. The molecule has 4 aliphatic rings. The van der Waals surface area contributed by atoms with Crippen molar-refractivity contribution in [2.75, 3.05) is 20.8 Å². The molecule has 5 rings (SSSR count). The highest BCUT2D eigenvalue weighted by Gasteiger charge is 2.55. The van der Waals surface area contributed by atoms with Crippen molar-refractivity contribution in [1.82, 2.24) is 10.2 Å². The van der Waals surface area contributed by atoms with Crippen molar-refractivity contribution >= 4 is 46.6 Å². The standard InChI is InChI=1S/C37H51ClN4O8/c1-36(2,3)33(40-31(44)14-21-9-7-6-8-10-21)35(47)42-20-37(18-26(41-50-37)24-16-25(38)30(49-5)17-29(24)48-4)19-27(42)28(43)15-23(13-22-11-12-22)32(45)34(39)46/h16-17,21-23,27,33H,6-15,18-20H2,1-5H3,(H2,39,46)(H,40,44)/t23-,27+,33-,37-/m1/s1. The highest BCUT2D eigenvalue weighted by Crippen LogP contribution is 2.44. The number of Topliss-reactive ketones (excluding diaryl/α,β-unsaturated/α-hetero) is 2. The molecule has 50 heavy (non-hydrogen) atoms. The number of halogens is 1. The lowest BCUT2D eigenvalue weighted by Gasteiger charge is -2.36. The topological polar surface area (TPSA) is 167 Å². The Morgan fingerprint density at radius 3 is 2.32 bits per heavy atom. The van der Waals surface area contributed by atoms with Gasteiger partial charge in [-0.1, -0.05) is 69.6 Å². The number of carbonyl (C=O) groups excluding carboxylic acids is 5. The molecule has 1 saturated heterocycles. The van der Waals surface area contributed by atoms with Gasteiger partial charge in [-0.3, -0.25) is 24.0 Å². The van der Waals surface area contributed by atoms with Crippen molar-refractivity contribution in [1.29, 1.82) is 0 Å². The fourth-order valence-electron chi connectivity index (χ4n) is 7.72. The molecule has 1 aromatic carbocycles. The number of nitrogens with zero attached hydrogens (tertiary/aromatic N) is 2. The maximum Gasteiger partial charge on any atom is 0.285 e. The lowest BCUT2D eigenvalue weighted by atomic mass is 9.84.